The first kappa shape index (κ1) is 31.7. The topological polar surface area (TPSA) is 89.1 Å². The first-order chi connectivity index (χ1) is 21.7. The van der Waals surface area contributed by atoms with E-state index >= 15 is 4.39 Å². The minimum atomic E-state index is -0.562. The van der Waals surface area contributed by atoms with Crippen LogP contribution in [-0.2, 0) is 19.0 Å². The maximum Gasteiger partial charge on any atom is 0.251 e. The number of halogens is 1. The molecular weight excluding hydrogens is 573 g/mol. The van der Waals surface area contributed by atoms with E-state index < -0.39 is 12.0 Å². The zero-order chi connectivity index (χ0) is 31.7. The Labute approximate surface area is 265 Å². The lowest BCUT2D eigenvalue weighted by atomic mass is 9.67. The zero-order valence-corrected chi connectivity index (χ0v) is 26.9. The number of ether oxygens (including phenoxy) is 3. The molecule has 3 heterocycles. The van der Waals surface area contributed by atoms with Gasteiger partial charge in [0.1, 0.15) is 5.83 Å². The molecule has 2 N–H and O–H groups in total. The van der Waals surface area contributed by atoms with Gasteiger partial charge in [-0.3, -0.25) is 9.59 Å². The average Bonchev–Trinajstić information content (AvgIpc) is 3.37. The van der Waals surface area contributed by atoms with E-state index in [2.05, 4.69) is 40.7 Å². The number of nitrogens with one attached hydrogen (secondary N) is 2. The van der Waals surface area contributed by atoms with Crippen molar-refractivity contribution >= 4 is 23.1 Å². The number of hydrogen-bond acceptors (Lipinski definition) is 6. The summed E-state index contributed by atoms with van der Waals surface area (Å²) in [6.45, 7) is 9.58. The summed E-state index contributed by atoms with van der Waals surface area (Å²) >= 11 is 0. The fourth-order valence-corrected chi connectivity index (χ4v) is 7.96. The number of anilines is 1. The lowest BCUT2D eigenvalue weighted by Crippen LogP contribution is -2.47. The molecule has 9 heteroatoms. The summed E-state index contributed by atoms with van der Waals surface area (Å²) < 4.78 is 32.9. The third kappa shape index (κ3) is 6.14. The number of carbonyl (C=O) groups excluding carboxylic acids is 2. The number of hydrogen-bond donors (Lipinski definition) is 2. The van der Waals surface area contributed by atoms with Crippen LogP contribution in [0.15, 0.2) is 53.5 Å². The van der Waals surface area contributed by atoms with Crippen LogP contribution < -0.4 is 15.5 Å². The fraction of sp³-hybridized carbons (Fsp3) is 0.556. The van der Waals surface area contributed by atoms with Crippen molar-refractivity contribution in [2.24, 2.45) is 17.3 Å². The molecule has 5 aliphatic rings. The van der Waals surface area contributed by atoms with Crippen LogP contribution in [0.2, 0.25) is 0 Å². The van der Waals surface area contributed by atoms with E-state index in [1.165, 1.54) is 0 Å². The summed E-state index contributed by atoms with van der Waals surface area (Å²) in [5.74, 6) is -1.09. The van der Waals surface area contributed by atoms with E-state index in [1.807, 2.05) is 26.0 Å². The Morgan fingerprint density at radius 3 is 2.60 bits per heavy atom. The Morgan fingerprint density at radius 1 is 1.16 bits per heavy atom. The lowest BCUT2D eigenvalue weighted by molar-refractivity contribution is -0.128. The molecule has 3 unspecified atom stereocenters. The van der Waals surface area contributed by atoms with Gasteiger partial charge in [-0.05, 0) is 105 Å². The van der Waals surface area contributed by atoms with Crippen LogP contribution >= 0.6 is 0 Å². The van der Waals surface area contributed by atoms with Gasteiger partial charge in [0.2, 0.25) is 5.91 Å². The van der Waals surface area contributed by atoms with Crippen LogP contribution in [0, 0.1) is 24.2 Å². The highest BCUT2D eigenvalue weighted by molar-refractivity contribution is 5.99. The number of fused-ring (bicyclic) bond motifs is 2. The standard InChI is InChI=1S/C36H46FN3O5/c1-5-40(26-7-12-44-13-8-26)32-19-25(28-20-30-24(18-31(28)37)6-9-36(30)10-14-45-15-11-36)17-27(23(32)3)34(41)38-21-29-33(43-4)16-22(2)39-35(29)42/h6,9,16-19,26,29-30,33H,5,7-8,10-15,20-21H2,1-4H3,(H,38,41)(H,39,42). The molecule has 2 fully saturated rings. The van der Waals surface area contributed by atoms with Crippen LogP contribution in [0.3, 0.4) is 0 Å². The van der Waals surface area contributed by atoms with E-state index in [0.717, 1.165) is 60.3 Å². The quantitative estimate of drug-likeness (QED) is 0.406. The molecule has 1 aromatic carbocycles. The second kappa shape index (κ2) is 13.2. The van der Waals surface area contributed by atoms with E-state index in [0.29, 0.717) is 44.0 Å². The molecule has 2 aliphatic carbocycles. The maximum absolute atomic E-state index is 16.0. The monoisotopic (exact) mass is 619 g/mol. The number of allylic oxidation sites excluding steroid dienone is 7. The van der Waals surface area contributed by atoms with Gasteiger partial charge in [0.05, 0.1) is 12.0 Å². The number of carbonyl (C=O) groups is 2. The van der Waals surface area contributed by atoms with Crippen LogP contribution in [0.4, 0.5) is 10.1 Å². The Balaban J connectivity index is 1.36. The highest BCUT2D eigenvalue weighted by Gasteiger charge is 2.45. The first-order valence-corrected chi connectivity index (χ1v) is 16.4. The molecule has 0 bridgehead atoms. The normalized spacial score (nSPS) is 26.3. The molecule has 1 aromatic rings. The van der Waals surface area contributed by atoms with E-state index in [4.69, 9.17) is 14.2 Å². The van der Waals surface area contributed by atoms with Gasteiger partial charge >= 0.3 is 0 Å². The van der Waals surface area contributed by atoms with Crippen molar-refractivity contribution in [2.45, 2.75) is 65.0 Å². The van der Waals surface area contributed by atoms with Gasteiger partial charge in [-0.25, -0.2) is 4.39 Å². The summed E-state index contributed by atoms with van der Waals surface area (Å²) in [6, 6.07) is 4.19. The second-order valence-corrected chi connectivity index (χ2v) is 13.1. The summed E-state index contributed by atoms with van der Waals surface area (Å²) in [5.41, 5.74) is 5.40. The van der Waals surface area contributed by atoms with Gasteiger partial charge in [0.15, 0.2) is 0 Å². The molecule has 242 valence electrons. The highest BCUT2D eigenvalue weighted by Crippen LogP contribution is 2.54. The Kier molecular flexibility index (Phi) is 9.32. The number of benzene rings is 1. The van der Waals surface area contributed by atoms with E-state index in [1.54, 1.807) is 13.2 Å². The van der Waals surface area contributed by atoms with Crippen molar-refractivity contribution in [1.82, 2.24) is 10.6 Å². The predicted octanol–water partition coefficient (Wildman–Crippen LogP) is 5.39. The smallest absolute Gasteiger partial charge is 0.251 e. The minimum absolute atomic E-state index is 0.0213. The Morgan fingerprint density at radius 2 is 1.89 bits per heavy atom. The van der Waals surface area contributed by atoms with Crippen molar-refractivity contribution in [3.05, 3.63) is 70.2 Å². The van der Waals surface area contributed by atoms with Crippen molar-refractivity contribution in [3.63, 3.8) is 0 Å². The van der Waals surface area contributed by atoms with E-state index in [-0.39, 0.29) is 41.6 Å². The molecular formula is C36H46FN3O5. The predicted molar refractivity (Wildman–Crippen MR) is 172 cm³/mol. The van der Waals surface area contributed by atoms with Gasteiger partial charge in [0.25, 0.3) is 5.91 Å². The average molecular weight is 620 g/mol. The first-order valence-electron chi connectivity index (χ1n) is 16.4. The highest BCUT2D eigenvalue weighted by atomic mass is 19.1. The fourth-order valence-electron chi connectivity index (χ4n) is 7.96. The van der Waals surface area contributed by atoms with Gasteiger partial charge in [0, 0.05) is 75.0 Å². The van der Waals surface area contributed by atoms with Crippen LogP contribution in [-0.4, -0.2) is 70.6 Å². The van der Waals surface area contributed by atoms with Gasteiger partial charge in [-0.2, -0.15) is 0 Å². The third-order valence-electron chi connectivity index (χ3n) is 10.6. The van der Waals surface area contributed by atoms with Crippen molar-refractivity contribution in [3.8, 4) is 0 Å². The van der Waals surface area contributed by atoms with Crippen molar-refractivity contribution < 1.29 is 28.2 Å². The molecule has 6 rings (SSSR count). The molecule has 0 radical (unpaired) electrons. The summed E-state index contributed by atoms with van der Waals surface area (Å²) in [5, 5.41) is 5.86. The molecule has 0 aromatic heterocycles. The molecule has 2 amide bonds. The molecule has 0 saturated carbocycles. The third-order valence-corrected chi connectivity index (χ3v) is 10.6. The van der Waals surface area contributed by atoms with E-state index in [9.17, 15) is 9.59 Å². The summed E-state index contributed by atoms with van der Waals surface area (Å²) in [4.78, 5) is 29.1. The largest absolute Gasteiger partial charge is 0.381 e. The number of methoxy groups -OCH3 is 1. The lowest BCUT2D eigenvalue weighted by Gasteiger charge is -2.40. The maximum atomic E-state index is 16.0. The van der Waals surface area contributed by atoms with Crippen molar-refractivity contribution in [2.75, 3.05) is 51.5 Å². The second-order valence-electron chi connectivity index (χ2n) is 13.1. The molecule has 2 saturated heterocycles. The SMILES string of the molecule is CCN(c1cc(C2=C(F)C=C3C=CC4(CCOCC4)C3C2)cc(C(=O)NCC2C(=O)NC(C)=CC2OC)c1C)C1CCOCC1. The number of amides is 2. The van der Waals surface area contributed by atoms with Gasteiger partial charge in [-0.1, -0.05) is 12.2 Å². The molecule has 1 spiro atoms. The molecule has 3 atom stereocenters. The van der Waals surface area contributed by atoms with Crippen LogP contribution in [0.25, 0.3) is 5.57 Å². The van der Waals surface area contributed by atoms with Crippen LogP contribution in [0.1, 0.15) is 67.4 Å². The Bertz CT molecular complexity index is 1450. The van der Waals surface area contributed by atoms with Gasteiger partial charge < -0.3 is 29.7 Å². The minimum Gasteiger partial charge on any atom is -0.381 e. The molecule has 45 heavy (non-hydrogen) atoms. The van der Waals surface area contributed by atoms with Gasteiger partial charge in [-0.15, -0.1) is 0 Å². The number of rotatable bonds is 8. The van der Waals surface area contributed by atoms with Crippen LogP contribution in [0.5, 0.6) is 0 Å². The summed E-state index contributed by atoms with van der Waals surface area (Å²) in [6.07, 6.45) is 11.7. The summed E-state index contributed by atoms with van der Waals surface area (Å²) in [7, 11) is 1.56. The zero-order valence-electron chi connectivity index (χ0n) is 26.9. The van der Waals surface area contributed by atoms with Crippen molar-refractivity contribution in [1.29, 1.82) is 0 Å². The Hall–Kier alpha value is -3.27. The number of nitrogens with zero attached hydrogens (tertiary/aromatic N) is 1. The molecule has 8 nitrogen and oxygen atoms in total. The molecule has 3 aliphatic heterocycles.